The summed E-state index contributed by atoms with van der Waals surface area (Å²) in [5.74, 6) is 0.218. The van der Waals surface area contributed by atoms with Crippen molar-refractivity contribution in [2.24, 2.45) is 5.10 Å². The van der Waals surface area contributed by atoms with Crippen LogP contribution in [-0.4, -0.2) is 29.5 Å². The molecule has 2 amide bonds. The standard InChI is InChI=1S/C24H16N4O5/c29-22(14-27-20-6-2-4-16-3-1-5-19(23(16)20)24(27)30)26-25-13-18-11-12-21(33-18)15-7-9-17(10-8-15)28(31)32/h1-13H,14H2,(H,26,29)/b25-13-. The Hall–Kier alpha value is -4.79. The third kappa shape index (κ3) is 3.72. The molecule has 3 aromatic carbocycles. The molecular formula is C24H16N4O5. The van der Waals surface area contributed by atoms with Crippen molar-refractivity contribution in [2.75, 3.05) is 11.4 Å². The smallest absolute Gasteiger partial charge is 0.269 e. The summed E-state index contributed by atoms with van der Waals surface area (Å²) in [6.07, 6.45) is 1.34. The number of rotatable bonds is 6. The highest BCUT2D eigenvalue weighted by Gasteiger charge is 2.30. The Morgan fingerprint density at radius 2 is 1.82 bits per heavy atom. The molecule has 0 radical (unpaired) electrons. The highest BCUT2D eigenvalue weighted by Crippen LogP contribution is 2.36. The maximum absolute atomic E-state index is 12.8. The lowest BCUT2D eigenvalue weighted by Gasteiger charge is -2.16. The first-order valence-electron chi connectivity index (χ1n) is 10.0. The summed E-state index contributed by atoms with van der Waals surface area (Å²) in [6.45, 7) is -0.170. The molecule has 2 heterocycles. The summed E-state index contributed by atoms with van der Waals surface area (Å²) >= 11 is 0. The quantitative estimate of drug-likeness (QED) is 0.275. The number of hydrogen-bond acceptors (Lipinski definition) is 6. The minimum absolute atomic E-state index is 0.00868. The van der Waals surface area contributed by atoms with Crippen LogP contribution >= 0.6 is 0 Å². The minimum atomic E-state index is -0.471. The van der Waals surface area contributed by atoms with Gasteiger partial charge in [0.15, 0.2) is 0 Å². The fourth-order valence-electron chi connectivity index (χ4n) is 3.81. The van der Waals surface area contributed by atoms with Gasteiger partial charge in [-0.2, -0.15) is 5.10 Å². The third-order valence-electron chi connectivity index (χ3n) is 5.32. The van der Waals surface area contributed by atoms with Gasteiger partial charge in [-0.3, -0.25) is 24.6 Å². The van der Waals surface area contributed by atoms with Gasteiger partial charge in [-0.1, -0.05) is 24.3 Å². The van der Waals surface area contributed by atoms with Gasteiger partial charge in [-0.15, -0.1) is 0 Å². The second-order valence-corrected chi connectivity index (χ2v) is 7.37. The number of nitro groups is 1. The van der Waals surface area contributed by atoms with Crippen LogP contribution in [0.5, 0.6) is 0 Å². The molecule has 9 nitrogen and oxygen atoms in total. The van der Waals surface area contributed by atoms with Gasteiger partial charge in [0.05, 0.1) is 16.8 Å². The van der Waals surface area contributed by atoms with Crippen molar-refractivity contribution < 1.29 is 18.9 Å². The molecule has 5 rings (SSSR count). The van der Waals surface area contributed by atoms with Gasteiger partial charge in [0.2, 0.25) is 0 Å². The van der Waals surface area contributed by atoms with Crippen molar-refractivity contribution >= 4 is 40.2 Å². The number of nitro benzene ring substituents is 1. The number of amides is 2. The lowest BCUT2D eigenvalue weighted by molar-refractivity contribution is -0.384. The molecule has 0 atom stereocenters. The first-order valence-corrected chi connectivity index (χ1v) is 10.0. The summed E-state index contributed by atoms with van der Waals surface area (Å²) < 4.78 is 5.65. The van der Waals surface area contributed by atoms with E-state index in [0.29, 0.717) is 28.3 Å². The molecule has 1 N–H and O–H groups in total. The highest BCUT2D eigenvalue weighted by atomic mass is 16.6. The van der Waals surface area contributed by atoms with Crippen molar-refractivity contribution in [2.45, 2.75) is 0 Å². The summed E-state index contributed by atoms with van der Waals surface area (Å²) in [4.78, 5) is 36.9. The Balaban J connectivity index is 1.23. The lowest BCUT2D eigenvalue weighted by Crippen LogP contribution is -2.37. The zero-order valence-electron chi connectivity index (χ0n) is 17.1. The first kappa shape index (κ1) is 20.1. The number of nitrogens with zero attached hydrogens (tertiary/aromatic N) is 3. The summed E-state index contributed by atoms with van der Waals surface area (Å²) in [6, 6.07) is 20.4. The molecule has 1 aromatic heterocycles. The number of carbonyl (C=O) groups is 2. The fourth-order valence-corrected chi connectivity index (χ4v) is 3.81. The molecule has 1 aliphatic rings. The van der Waals surface area contributed by atoms with Crippen LogP contribution in [-0.2, 0) is 4.79 Å². The lowest BCUT2D eigenvalue weighted by atomic mass is 10.1. The van der Waals surface area contributed by atoms with E-state index in [2.05, 4.69) is 10.5 Å². The first-order chi connectivity index (χ1) is 16.0. The summed E-state index contributed by atoms with van der Waals surface area (Å²) in [5, 5.41) is 16.5. The average Bonchev–Trinajstić information content (AvgIpc) is 3.40. The van der Waals surface area contributed by atoms with Crippen molar-refractivity contribution in [3.05, 3.63) is 94.2 Å². The van der Waals surface area contributed by atoms with Crippen LogP contribution in [0.25, 0.3) is 22.1 Å². The van der Waals surface area contributed by atoms with E-state index in [9.17, 15) is 19.7 Å². The van der Waals surface area contributed by atoms with Crippen LogP contribution in [0.4, 0.5) is 11.4 Å². The molecule has 9 heteroatoms. The highest BCUT2D eigenvalue weighted by molar-refractivity contribution is 6.26. The van der Waals surface area contributed by atoms with Gasteiger partial charge >= 0.3 is 0 Å². The Morgan fingerprint density at radius 1 is 1.06 bits per heavy atom. The zero-order valence-corrected chi connectivity index (χ0v) is 17.1. The fraction of sp³-hybridized carbons (Fsp3) is 0.0417. The minimum Gasteiger partial charge on any atom is -0.455 e. The van der Waals surface area contributed by atoms with E-state index in [1.165, 1.54) is 23.2 Å². The predicted molar refractivity (Wildman–Crippen MR) is 122 cm³/mol. The van der Waals surface area contributed by atoms with Gasteiger partial charge in [-0.05, 0) is 41.8 Å². The van der Waals surface area contributed by atoms with Gasteiger partial charge in [0.1, 0.15) is 18.1 Å². The van der Waals surface area contributed by atoms with E-state index in [4.69, 9.17) is 4.42 Å². The molecule has 0 aliphatic carbocycles. The van der Waals surface area contributed by atoms with Crippen LogP contribution in [0.2, 0.25) is 0 Å². The molecule has 0 unspecified atom stereocenters. The second kappa shape index (κ2) is 8.04. The van der Waals surface area contributed by atoms with E-state index in [-0.39, 0.29) is 18.1 Å². The average molecular weight is 440 g/mol. The van der Waals surface area contributed by atoms with Crippen LogP contribution in [0.1, 0.15) is 16.1 Å². The monoisotopic (exact) mass is 440 g/mol. The number of hydrazone groups is 1. The normalized spacial score (nSPS) is 12.6. The Bertz CT molecular complexity index is 1430. The van der Waals surface area contributed by atoms with Crippen molar-refractivity contribution in [3.8, 4) is 11.3 Å². The van der Waals surface area contributed by atoms with Crippen molar-refractivity contribution in [1.29, 1.82) is 0 Å². The summed E-state index contributed by atoms with van der Waals surface area (Å²) in [7, 11) is 0. The molecule has 0 saturated heterocycles. The number of hydrogen-bond donors (Lipinski definition) is 1. The molecule has 162 valence electrons. The van der Waals surface area contributed by atoms with E-state index < -0.39 is 10.8 Å². The number of benzene rings is 3. The van der Waals surface area contributed by atoms with E-state index in [1.54, 1.807) is 30.3 Å². The maximum atomic E-state index is 12.8. The molecule has 0 bridgehead atoms. The molecule has 4 aromatic rings. The molecule has 33 heavy (non-hydrogen) atoms. The molecule has 0 saturated carbocycles. The Kier molecular flexibility index (Phi) is 4.91. The van der Waals surface area contributed by atoms with Crippen LogP contribution in [0.15, 0.2) is 82.3 Å². The van der Waals surface area contributed by atoms with Crippen LogP contribution in [0, 0.1) is 10.1 Å². The van der Waals surface area contributed by atoms with Gasteiger partial charge < -0.3 is 4.42 Å². The summed E-state index contributed by atoms with van der Waals surface area (Å²) in [5.41, 5.74) is 4.35. The number of carbonyl (C=O) groups excluding carboxylic acids is 2. The van der Waals surface area contributed by atoms with Crippen LogP contribution < -0.4 is 10.3 Å². The molecule has 0 spiro atoms. The molecule has 1 aliphatic heterocycles. The van der Waals surface area contributed by atoms with E-state index >= 15 is 0 Å². The SMILES string of the molecule is O=C(CN1C(=O)c2cccc3cccc1c23)N/N=C\c1ccc(-c2ccc([N+](=O)[O-])cc2)o1. The van der Waals surface area contributed by atoms with E-state index in [0.717, 1.165) is 10.8 Å². The Labute approximate surface area is 187 Å². The van der Waals surface area contributed by atoms with Gasteiger partial charge in [0.25, 0.3) is 17.5 Å². The van der Waals surface area contributed by atoms with Gasteiger partial charge in [-0.25, -0.2) is 5.43 Å². The number of non-ortho nitro benzene ring substituents is 1. The maximum Gasteiger partial charge on any atom is 0.269 e. The molecule has 0 fully saturated rings. The number of nitrogens with one attached hydrogen (secondary N) is 1. The molecular weight excluding hydrogens is 424 g/mol. The topological polar surface area (TPSA) is 118 Å². The zero-order chi connectivity index (χ0) is 22.9. The van der Waals surface area contributed by atoms with E-state index in [1.807, 2.05) is 30.3 Å². The largest absolute Gasteiger partial charge is 0.455 e. The third-order valence-corrected chi connectivity index (χ3v) is 5.32. The second-order valence-electron chi connectivity index (χ2n) is 7.37. The Morgan fingerprint density at radius 3 is 2.58 bits per heavy atom. The predicted octanol–water partition coefficient (Wildman–Crippen LogP) is 4.12. The van der Waals surface area contributed by atoms with Crippen LogP contribution in [0.3, 0.4) is 0 Å². The number of anilines is 1. The van der Waals surface area contributed by atoms with Crippen molar-refractivity contribution in [1.82, 2.24) is 5.43 Å². The van der Waals surface area contributed by atoms with Gasteiger partial charge in [0, 0.05) is 28.6 Å². The number of furan rings is 1. The van der Waals surface area contributed by atoms with Crippen molar-refractivity contribution in [3.63, 3.8) is 0 Å².